The van der Waals surface area contributed by atoms with Gasteiger partial charge < -0.3 is 10.6 Å². The summed E-state index contributed by atoms with van der Waals surface area (Å²) in [6, 6.07) is 8.06. The quantitative estimate of drug-likeness (QED) is 0.810. The molecule has 2 rings (SSSR count). The number of carbonyl (C=O) groups excluding carboxylic acids is 2. The summed E-state index contributed by atoms with van der Waals surface area (Å²) in [6.45, 7) is 5.36. The largest absolute Gasteiger partial charge is 0.345 e. The number of rotatable bonds is 5. The fraction of sp³-hybridized carbons (Fsp3) is 0.294. The molecule has 2 N–H and O–H groups in total. The van der Waals surface area contributed by atoms with Gasteiger partial charge in [0, 0.05) is 0 Å². The molecule has 2 aromatic rings. The maximum absolute atomic E-state index is 12.4. The number of thiophene rings is 1. The van der Waals surface area contributed by atoms with E-state index >= 15 is 0 Å². The first-order chi connectivity index (χ1) is 11.2. The van der Waals surface area contributed by atoms with Crippen molar-refractivity contribution >= 4 is 46.4 Å². The first-order valence-corrected chi connectivity index (χ1v) is 8.96. The Balaban J connectivity index is 2.03. The van der Waals surface area contributed by atoms with Crippen LogP contribution >= 0.6 is 34.5 Å². The Labute approximate surface area is 155 Å². The van der Waals surface area contributed by atoms with E-state index in [9.17, 15) is 9.59 Å². The van der Waals surface area contributed by atoms with Gasteiger partial charge in [0.05, 0.1) is 20.5 Å². The first-order valence-electron chi connectivity index (χ1n) is 7.32. The minimum Gasteiger partial charge on any atom is -0.345 e. The van der Waals surface area contributed by atoms with Crippen LogP contribution in [0, 0.1) is 0 Å². The standard InChI is InChI=1S/C17H18Cl2N2O2S/c1-10(20-16(23)14-5-4-8-24-14)15(22)21-17(2,3)11-6-7-12(18)13(19)9-11/h4-10H,1-3H3,(H,20,23)(H,21,22). The van der Waals surface area contributed by atoms with E-state index in [1.165, 1.54) is 11.3 Å². The van der Waals surface area contributed by atoms with Crippen LogP contribution in [0.4, 0.5) is 0 Å². The monoisotopic (exact) mass is 384 g/mol. The van der Waals surface area contributed by atoms with Crippen molar-refractivity contribution < 1.29 is 9.59 Å². The van der Waals surface area contributed by atoms with Gasteiger partial charge in [0.25, 0.3) is 5.91 Å². The first kappa shape index (κ1) is 18.8. The summed E-state index contributed by atoms with van der Waals surface area (Å²) in [7, 11) is 0. The average Bonchev–Trinajstić information content (AvgIpc) is 3.03. The number of carbonyl (C=O) groups is 2. The van der Waals surface area contributed by atoms with Gasteiger partial charge in [0.2, 0.25) is 5.91 Å². The Morgan fingerprint density at radius 3 is 2.46 bits per heavy atom. The fourth-order valence-electron chi connectivity index (χ4n) is 2.11. The van der Waals surface area contributed by atoms with Crippen LogP contribution in [0.1, 0.15) is 36.0 Å². The zero-order chi connectivity index (χ0) is 17.9. The summed E-state index contributed by atoms with van der Waals surface area (Å²) in [5, 5.41) is 8.30. The van der Waals surface area contributed by atoms with Crippen LogP contribution < -0.4 is 10.6 Å². The fourth-order valence-corrected chi connectivity index (χ4v) is 3.04. The molecule has 0 saturated heterocycles. The molecule has 0 bridgehead atoms. The Bertz CT molecular complexity index is 745. The molecule has 0 aliphatic heterocycles. The molecule has 4 nitrogen and oxygen atoms in total. The third kappa shape index (κ3) is 4.50. The smallest absolute Gasteiger partial charge is 0.261 e. The Morgan fingerprint density at radius 1 is 1.17 bits per heavy atom. The summed E-state index contributed by atoms with van der Waals surface area (Å²) in [5.41, 5.74) is 0.162. The second kappa shape index (κ2) is 7.55. The highest BCUT2D eigenvalue weighted by Gasteiger charge is 2.27. The molecule has 1 aromatic carbocycles. The Kier molecular flexibility index (Phi) is 5.91. The van der Waals surface area contributed by atoms with Crippen molar-refractivity contribution in [2.75, 3.05) is 0 Å². The van der Waals surface area contributed by atoms with Crippen molar-refractivity contribution in [1.29, 1.82) is 0 Å². The molecule has 1 heterocycles. The van der Waals surface area contributed by atoms with Gasteiger partial charge >= 0.3 is 0 Å². The number of halogens is 2. The molecular weight excluding hydrogens is 367 g/mol. The molecule has 1 atom stereocenters. The van der Waals surface area contributed by atoms with E-state index < -0.39 is 11.6 Å². The Morgan fingerprint density at radius 2 is 1.88 bits per heavy atom. The van der Waals surface area contributed by atoms with Gasteiger partial charge in [-0.1, -0.05) is 35.3 Å². The maximum atomic E-state index is 12.4. The summed E-state index contributed by atoms with van der Waals surface area (Å²) >= 11 is 13.3. The van der Waals surface area contributed by atoms with Gasteiger partial charge in [-0.2, -0.15) is 0 Å². The third-order valence-electron chi connectivity index (χ3n) is 3.56. The molecule has 0 saturated carbocycles. The zero-order valence-corrected chi connectivity index (χ0v) is 15.9. The zero-order valence-electron chi connectivity index (χ0n) is 13.5. The molecule has 1 aromatic heterocycles. The molecular formula is C17H18Cl2N2O2S. The van der Waals surface area contributed by atoms with Gasteiger partial charge in [0.15, 0.2) is 0 Å². The van der Waals surface area contributed by atoms with Crippen LogP contribution in [0.25, 0.3) is 0 Å². The van der Waals surface area contributed by atoms with Crippen LogP contribution in [0.5, 0.6) is 0 Å². The van der Waals surface area contributed by atoms with Crippen molar-refractivity contribution in [2.24, 2.45) is 0 Å². The molecule has 24 heavy (non-hydrogen) atoms. The average molecular weight is 385 g/mol. The highest BCUT2D eigenvalue weighted by atomic mass is 35.5. The summed E-state index contributed by atoms with van der Waals surface area (Å²) in [6.07, 6.45) is 0. The van der Waals surface area contributed by atoms with Gasteiger partial charge in [-0.3, -0.25) is 9.59 Å². The lowest BCUT2D eigenvalue weighted by Crippen LogP contribution is -2.50. The Hall–Kier alpha value is -1.56. The van der Waals surface area contributed by atoms with Crippen LogP contribution in [0.3, 0.4) is 0 Å². The molecule has 0 spiro atoms. The predicted octanol–water partition coefficient (Wildman–Crippen LogP) is 4.22. The molecule has 0 aliphatic carbocycles. The lowest BCUT2D eigenvalue weighted by molar-refractivity contribution is -0.124. The van der Waals surface area contributed by atoms with E-state index in [0.717, 1.165) is 5.56 Å². The SMILES string of the molecule is CC(NC(=O)c1cccs1)C(=O)NC(C)(C)c1ccc(Cl)c(Cl)c1. The molecule has 2 amide bonds. The van der Waals surface area contributed by atoms with E-state index in [2.05, 4.69) is 10.6 Å². The topological polar surface area (TPSA) is 58.2 Å². The third-order valence-corrected chi connectivity index (χ3v) is 5.17. The van der Waals surface area contributed by atoms with Crippen molar-refractivity contribution in [1.82, 2.24) is 10.6 Å². The molecule has 0 radical (unpaired) electrons. The van der Waals surface area contributed by atoms with Gasteiger partial charge in [0.1, 0.15) is 6.04 Å². The van der Waals surface area contributed by atoms with Crippen molar-refractivity contribution in [2.45, 2.75) is 32.4 Å². The second-order valence-electron chi connectivity index (χ2n) is 5.92. The normalized spacial score (nSPS) is 12.5. The van der Waals surface area contributed by atoms with E-state index in [1.54, 1.807) is 31.2 Å². The summed E-state index contributed by atoms with van der Waals surface area (Å²) in [4.78, 5) is 25.0. The van der Waals surface area contributed by atoms with Gasteiger partial charge in [-0.25, -0.2) is 0 Å². The second-order valence-corrected chi connectivity index (χ2v) is 7.68. The van der Waals surface area contributed by atoms with Crippen molar-refractivity contribution in [3.05, 3.63) is 56.2 Å². The van der Waals surface area contributed by atoms with E-state index in [0.29, 0.717) is 14.9 Å². The van der Waals surface area contributed by atoms with E-state index in [-0.39, 0.29) is 11.8 Å². The van der Waals surface area contributed by atoms with Crippen LogP contribution in [-0.4, -0.2) is 17.9 Å². The van der Waals surface area contributed by atoms with Crippen molar-refractivity contribution in [3.8, 4) is 0 Å². The number of amides is 2. The molecule has 0 fully saturated rings. The van der Waals surface area contributed by atoms with Crippen LogP contribution in [0.2, 0.25) is 10.0 Å². The highest BCUT2D eigenvalue weighted by Crippen LogP contribution is 2.28. The summed E-state index contributed by atoms with van der Waals surface area (Å²) in [5.74, 6) is -0.545. The number of nitrogens with one attached hydrogen (secondary N) is 2. The summed E-state index contributed by atoms with van der Waals surface area (Å²) < 4.78 is 0. The minimum absolute atomic E-state index is 0.264. The minimum atomic E-state index is -0.665. The number of benzene rings is 1. The maximum Gasteiger partial charge on any atom is 0.261 e. The van der Waals surface area contributed by atoms with Crippen molar-refractivity contribution in [3.63, 3.8) is 0 Å². The molecule has 1 unspecified atom stereocenters. The van der Waals surface area contributed by atoms with Crippen LogP contribution in [0.15, 0.2) is 35.7 Å². The molecule has 0 aliphatic rings. The predicted molar refractivity (Wildman–Crippen MR) is 98.9 cm³/mol. The highest BCUT2D eigenvalue weighted by molar-refractivity contribution is 7.12. The van der Waals surface area contributed by atoms with Crippen LogP contribution in [-0.2, 0) is 10.3 Å². The number of hydrogen-bond donors (Lipinski definition) is 2. The molecule has 7 heteroatoms. The van der Waals surface area contributed by atoms with Gasteiger partial charge in [-0.15, -0.1) is 11.3 Å². The van der Waals surface area contributed by atoms with Gasteiger partial charge in [-0.05, 0) is 49.9 Å². The number of hydrogen-bond acceptors (Lipinski definition) is 3. The molecule has 128 valence electrons. The lowest BCUT2D eigenvalue weighted by Gasteiger charge is -2.29. The lowest BCUT2D eigenvalue weighted by atomic mass is 9.94. The van der Waals surface area contributed by atoms with E-state index in [1.807, 2.05) is 25.3 Å². The van der Waals surface area contributed by atoms with E-state index in [4.69, 9.17) is 23.2 Å².